The molecule has 3 heteroatoms. The van der Waals surface area contributed by atoms with Crippen molar-refractivity contribution in [1.82, 2.24) is 5.32 Å². The van der Waals surface area contributed by atoms with Crippen molar-refractivity contribution < 1.29 is 9.53 Å². The first-order valence-corrected chi connectivity index (χ1v) is 9.93. The van der Waals surface area contributed by atoms with Crippen LogP contribution in [0.3, 0.4) is 0 Å². The summed E-state index contributed by atoms with van der Waals surface area (Å²) in [5, 5.41) is 3.14. The van der Waals surface area contributed by atoms with E-state index in [2.05, 4.69) is 36.5 Å². The number of rotatable bonds is 7. The maximum absolute atomic E-state index is 13.5. The summed E-state index contributed by atoms with van der Waals surface area (Å²) in [7, 11) is 0. The third-order valence-corrected chi connectivity index (χ3v) is 5.48. The van der Waals surface area contributed by atoms with E-state index in [1.54, 1.807) is 0 Å². The van der Waals surface area contributed by atoms with Crippen LogP contribution in [0.15, 0.2) is 78.9 Å². The van der Waals surface area contributed by atoms with E-state index in [0.29, 0.717) is 13.2 Å². The molecule has 0 atom stereocenters. The molecule has 1 amide bonds. The number of benzene rings is 3. The summed E-state index contributed by atoms with van der Waals surface area (Å²) < 4.78 is 5.74. The number of carbonyl (C=O) groups is 1. The van der Waals surface area contributed by atoms with Gasteiger partial charge in [0, 0.05) is 0 Å². The Bertz CT molecular complexity index is 920. The van der Waals surface area contributed by atoms with Gasteiger partial charge in [-0.3, -0.25) is 4.79 Å². The van der Waals surface area contributed by atoms with Gasteiger partial charge >= 0.3 is 0 Å². The predicted molar refractivity (Wildman–Crippen MR) is 113 cm³/mol. The quantitative estimate of drug-likeness (QED) is 0.597. The third kappa shape index (κ3) is 3.07. The Morgan fingerprint density at radius 1 is 0.857 bits per heavy atom. The molecule has 0 fully saturated rings. The highest BCUT2D eigenvalue weighted by Crippen LogP contribution is 2.51. The molecular weight excluding hydrogens is 346 g/mol. The Morgan fingerprint density at radius 3 is 2.04 bits per heavy atom. The molecule has 0 saturated heterocycles. The van der Waals surface area contributed by atoms with Crippen LogP contribution in [0.1, 0.15) is 30.9 Å². The highest BCUT2D eigenvalue weighted by molar-refractivity contribution is 6.00. The number of carbonyl (C=O) groups excluding carboxylic acids is 1. The van der Waals surface area contributed by atoms with Crippen molar-refractivity contribution >= 4 is 5.91 Å². The lowest BCUT2D eigenvalue weighted by Gasteiger charge is -2.30. The maximum Gasteiger partial charge on any atom is 0.235 e. The Kier molecular flexibility index (Phi) is 5.16. The number of hydrogen-bond donors (Lipinski definition) is 1. The number of amides is 1. The summed E-state index contributed by atoms with van der Waals surface area (Å²) in [6.07, 6.45) is 1.71. The Morgan fingerprint density at radius 2 is 1.43 bits per heavy atom. The first-order valence-electron chi connectivity index (χ1n) is 9.93. The van der Waals surface area contributed by atoms with E-state index in [1.165, 1.54) is 11.1 Å². The van der Waals surface area contributed by atoms with Gasteiger partial charge in [0.15, 0.2) is 0 Å². The van der Waals surface area contributed by atoms with E-state index in [1.807, 2.05) is 54.6 Å². The molecule has 4 rings (SSSR count). The summed E-state index contributed by atoms with van der Waals surface area (Å²) >= 11 is 0. The fourth-order valence-corrected chi connectivity index (χ4v) is 4.33. The second-order valence-corrected chi connectivity index (χ2v) is 7.16. The highest BCUT2D eigenvalue weighted by Gasteiger charge is 2.47. The van der Waals surface area contributed by atoms with Crippen LogP contribution in [0, 0.1) is 0 Å². The molecular formula is C25H25NO2. The van der Waals surface area contributed by atoms with E-state index >= 15 is 0 Å². The molecule has 28 heavy (non-hydrogen) atoms. The zero-order valence-electron chi connectivity index (χ0n) is 16.2. The molecule has 1 aliphatic rings. The normalized spacial score (nSPS) is 13.5. The number of fused-ring (bicyclic) bond motifs is 3. The lowest BCUT2D eigenvalue weighted by molar-refractivity contribution is -0.125. The van der Waals surface area contributed by atoms with E-state index < -0.39 is 5.41 Å². The average molecular weight is 371 g/mol. The van der Waals surface area contributed by atoms with Crippen LogP contribution >= 0.6 is 0 Å². The minimum Gasteiger partial charge on any atom is -0.492 e. The fourth-order valence-electron chi connectivity index (χ4n) is 4.33. The average Bonchev–Trinajstić information content (AvgIpc) is 3.03. The monoisotopic (exact) mass is 371 g/mol. The van der Waals surface area contributed by atoms with Gasteiger partial charge in [-0.2, -0.15) is 0 Å². The predicted octanol–water partition coefficient (Wildman–Crippen LogP) is 4.95. The van der Waals surface area contributed by atoms with Crippen molar-refractivity contribution in [3.05, 3.63) is 90.0 Å². The van der Waals surface area contributed by atoms with Gasteiger partial charge in [0.2, 0.25) is 5.91 Å². The molecule has 3 aromatic carbocycles. The third-order valence-electron chi connectivity index (χ3n) is 5.48. The molecule has 1 N–H and O–H groups in total. The summed E-state index contributed by atoms with van der Waals surface area (Å²) in [5.41, 5.74) is 3.93. The van der Waals surface area contributed by atoms with Crippen molar-refractivity contribution in [3.63, 3.8) is 0 Å². The molecule has 0 radical (unpaired) electrons. The van der Waals surface area contributed by atoms with E-state index in [9.17, 15) is 4.79 Å². The second kappa shape index (κ2) is 7.89. The maximum atomic E-state index is 13.5. The van der Waals surface area contributed by atoms with Crippen LogP contribution in [0.4, 0.5) is 0 Å². The van der Waals surface area contributed by atoms with Gasteiger partial charge in [-0.05, 0) is 40.8 Å². The summed E-state index contributed by atoms with van der Waals surface area (Å²) in [4.78, 5) is 13.5. The first kappa shape index (κ1) is 18.3. The summed E-state index contributed by atoms with van der Waals surface area (Å²) in [6, 6.07) is 26.3. The molecule has 1 aliphatic carbocycles. The molecule has 0 aromatic heterocycles. The number of para-hydroxylation sites is 1. The molecule has 142 valence electrons. The van der Waals surface area contributed by atoms with Gasteiger partial charge < -0.3 is 10.1 Å². The van der Waals surface area contributed by atoms with Gasteiger partial charge in [0.1, 0.15) is 17.8 Å². The SMILES string of the molecule is CCCC1(C(=O)NCCOc2ccccc2)c2ccccc2-c2ccccc21. The lowest BCUT2D eigenvalue weighted by atomic mass is 9.74. The van der Waals surface area contributed by atoms with Crippen LogP contribution in [0.5, 0.6) is 5.75 Å². The lowest BCUT2D eigenvalue weighted by Crippen LogP contribution is -2.45. The molecule has 0 unspecified atom stereocenters. The minimum absolute atomic E-state index is 0.0587. The topological polar surface area (TPSA) is 38.3 Å². The zero-order valence-corrected chi connectivity index (χ0v) is 16.2. The van der Waals surface area contributed by atoms with Crippen molar-refractivity contribution in [1.29, 1.82) is 0 Å². The van der Waals surface area contributed by atoms with Gasteiger partial charge in [0.25, 0.3) is 0 Å². The molecule has 0 saturated carbocycles. The summed E-state index contributed by atoms with van der Waals surface area (Å²) in [6.45, 7) is 3.06. The fraction of sp³-hybridized carbons (Fsp3) is 0.240. The van der Waals surface area contributed by atoms with Crippen molar-refractivity contribution in [2.24, 2.45) is 0 Å². The first-order chi connectivity index (χ1) is 13.8. The van der Waals surface area contributed by atoms with Crippen LogP contribution < -0.4 is 10.1 Å². The Balaban J connectivity index is 1.58. The van der Waals surface area contributed by atoms with Crippen LogP contribution in [-0.2, 0) is 10.2 Å². The van der Waals surface area contributed by atoms with Gasteiger partial charge in [-0.25, -0.2) is 0 Å². The standard InChI is InChI=1S/C25H25NO2/c1-2-16-25(24(27)26-17-18-28-19-10-4-3-5-11-19)22-14-8-6-12-20(22)21-13-7-9-15-23(21)25/h3-15H,2,16-18H2,1H3,(H,26,27). The molecule has 3 nitrogen and oxygen atoms in total. The minimum atomic E-state index is -0.630. The Labute approximate surface area is 166 Å². The van der Waals surface area contributed by atoms with Crippen molar-refractivity contribution in [2.45, 2.75) is 25.2 Å². The van der Waals surface area contributed by atoms with Gasteiger partial charge in [0.05, 0.1) is 6.54 Å². The highest BCUT2D eigenvalue weighted by atomic mass is 16.5. The Hall–Kier alpha value is -3.07. The molecule has 0 heterocycles. The second-order valence-electron chi connectivity index (χ2n) is 7.16. The van der Waals surface area contributed by atoms with Crippen LogP contribution in [0.25, 0.3) is 11.1 Å². The van der Waals surface area contributed by atoms with Crippen molar-refractivity contribution in [2.75, 3.05) is 13.2 Å². The largest absolute Gasteiger partial charge is 0.492 e. The molecule has 0 spiro atoms. The van der Waals surface area contributed by atoms with E-state index in [0.717, 1.165) is 29.7 Å². The smallest absolute Gasteiger partial charge is 0.235 e. The zero-order chi connectivity index (χ0) is 19.4. The van der Waals surface area contributed by atoms with Gasteiger partial charge in [-0.15, -0.1) is 0 Å². The van der Waals surface area contributed by atoms with Crippen molar-refractivity contribution in [3.8, 4) is 16.9 Å². The number of ether oxygens (including phenoxy) is 1. The summed E-state index contributed by atoms with van der Waals surface area (Å²) in [5.74, 6) is 0.875. The van der Waals surface area contributed by atoms with E-state index in [4.69, 9.17) is 4.74 Å². The molecule has 3 aromatic rings. The molecule has 0 aliphatic heterocycles. The van der Waals surface area contributed by atoms with Gasteiger partial charge in [-0.1, -0.05) is 80.1 Å². The van der Waals surface area contributed by atoms with Crippen LogP contribution in [-0.4, -0.2) is 19.1 Å². The number of hydrogen-bond acceptors (Lipinski definition) is 2. The molecule has 0 bridgehead atoms. The van der Waals surface area contributed by atoms with Crippen LogP contribution in [0.2, 0.25) is 0 Å². The van der Waals surface area contributed by atoms with E-state index in [-0.39, 0.29) is 5.91 Å². The number of nitrogens with one attached hydrogen (secondary N) is 1.